The number of carbonyl (C=O) groups excluding carboxylic acids is 3. The molecule has 2 N–H and O–H groups in total. The van der Waals surface area contributed by atoms with E-state index in [-0.39, 0.29) is 30.3 Å². The summed E-state index contributed by atoms with van der Waals surface area (Å²) in [6, 6.07) is 12.1. The maximum atomic E-state index is 12.9. The van der Waals surface area contributed by atoms with Crippen LogP contribution in [0.15, 0.2) is 42.5 Å². The summed E-state index contributed by atoms with van der Waals surface area (Å²) < 4.78 is 6.76. The first-order valence-electron chi connectivity index (χ1n) is 11.8. The molecule has 36 heavy (non-hydrogen) atoms. The second-order valence-corrected chi connectivity index (χ2v) is 9.35. The van der Waals surface area contributed by atoms with Gasteiger partial charge in [0.25, 0.3) is 5.91 Å². The highest BCUT2D eigenvalue weighted by molar-refractivity contribution is 7.80. The van der Waals surface area contributed by atoms with Gasteiger partial charge in [-0.3, -0.25) is 14.4 Å². The number of rotatable bonds is 10. The summed E-state index contributed by atoms with van der Waals surface area (Å²) in [6.45, 7) is -0.220. The lowest BCUT2D eigenvalue weighted by molar-refractivity contribution is -0.139. The molecule has 0 bridgehead atoms. The molecule has 3 aromatic rings. The third-order valence-electron chi connectivity index (χ3n) is 6.36. The second-order valence-electron chi connectivity index (χ2n) is 8.90. The number of hydrogen-bond donors (Lipinski definition) is 3. The van der Waals surface area contributed by atoms with Crippen LogP contribution in [0.5, 0.6) is 5.75 Å². The molecule has 0 radical (unpaired) electrons. The van der Waals surface area contributed by atoms with E-state index in [0.717, 1.165) is 29.7 Å². The smallest absolute Gasteiger partial charge is 0.325 e. The Morgan fingerprint density at radius 2 is 1.94 bits per heavy atom. The van der Waals surface area contributed by atoms with Crippen molar-refractivity contribution in [1.29, 1.82) is 0 Å². The van der Waals surface area contributed by atoms with Crippen molar-refractivity contribution in [3.8, 4) is 5.75 Å². The Morgan fingerprint density at radius 1 is 1.22 bits per heavy atom. The van der Waals surface area contributed by atoms with E-state index in [1.807, 2.05) is 18.2 Å². The summed E-state index contributed by atoms with van der Waals surface area (Å²) in [5, 5.41) is 12.3. The molecule has 9 nitrogen and oxygen atoms in total. The first-order valence-corrected chi connectivity index (χ1v) is 12.5. The summed E-state index contributed by atoms with van der Waals surface area (Å²) in [4.78, 5) is 43.5. The molecule has 1 atom stereocenters. The Kier molecular flexibility index (Phi) is 7.83. The van der Waals surface area contributed by atoms with Gasteiger partial charge >= 0.3 is 5.97 Å². The number of phenolic OH excluding ortho intramolecular Hbond substituents is 1. The number of aromatic hydroxyl groups is 1. The zero-order valence-corrected chi connectivity index (χ0v) is 21.2. The van der Waals surface area contributed by atoms with E-state index in [2.05, 4.69) is 27.2 Å². The fourth-order valence-electron chi connectivity index (χ4n) is 4.24. The maximum Gasteiger partial charge on any atom is 0.325 e. The van der Waals surface area contributed by atoms with Crippen LogP contribution in [-0.4, -0.2) is 63.8 Å². The van der Waals surface area contributed by atoms with Gasteiger partial charge in [0.2, 0.25) is 5.91 Å². The van der Waals surface area contributed by atoms with Gasteiger partial charge < -0.3 is 24.6 Å². The number of aromatic nitrogens is 2. The van der Waals surface area contributed by atoms with Crippen molar-refractivity contribution >= 4 is 41.4 Å². The summed E-state index contributed by atoms with van der Waals surface area (Å²) in [6.07, 6.45) is 2.84. The van der Waals surface area contributed by atoms with Crippen molar-refractivity contribution in [2.24, 2.45) is 0 Å². The monoisotopic (exact) mass is 510 g/mol. The Morgan fingerprint density at radius 3 is 2.58 bits per heavy atom. The second kappa shape index (κ2) is 11.0. The van der Waals surface area contributed by atoms with Gasteiger partial charge in [0.1, 0.15) is 18.1 Å². The number of fused-ring (bicyclic) bond motifs is 1. The third kappa shape index (κ3) is 5.64. The maximum absolute atomic E-state index is 12.9. The van der Waals surface area contributed by atoms with Crippen LogP contribution in [-0.2, 0) is 20.7 Å². The zero-order chi connectivity index (χ0) is 25.8. The van der Waals surface area contributed by atoms with Gasteiger partial charge in [-0.2, -0.15) is 12.6 Å². The van der Waals surface area contributed by atoms with Crippen LogP contribution in [0.4, 0.5) is 0 Å². The lowest BCUT2D eigenvalue weighted by Gasteiger charge is -2.29. The van der Waals surface area contributed by atoms with Crippen LogP contribution in [0, 0.1) is 0 Å². The van der Waals surface area contributed by atoms with E-state index >= 15 is 0 Å². The van der Waals surface area contributed by atoms with E-state index in [0.29, 0.717) is 29.7 Å². The van der Waals surface area contributed by atoms with Crippen LogP contribution in [0.2, 0.25) is 0 Å². The van der Waals surface area contributed by atoms with Gasteiger partial charge in [0.05, 0.1) is 24.2 Å². The predicted octanol–water partition coefficient (Wildman–Crippen LogP) is 3.04. The lowest BCUT2D eigenvalue weighted by Crippen LogP contribution is -2.34. The highest BCUT2D eigenvalue weighted by Gasteiger charge is 2.34. The molecule has 10 heteroatoms. The van der Waals surface area contributed by atoms with Gasteiger partial charge in [-0.15, -0.1) is 0 Å². The number of carbonyl (C=O) groups is 3. The lowest BCUT2D eigenvalue weighted by atomic mass is 10.0. The number of benzene rings is 2. The van der Waals surface area contributed by atoms with Crippen molar-refractivity contribution in [3.05, 3.63) is 59.4 Å². The first-order chi connectivity index (χ1) is 17.3. The molecule has 0 spiro atoms. The third-order valence-corrected chi connectivity index (χ3v) is 6.59. The number of esters is 1. The molecular formula is C26H30N4O5S. The molecule has 2 aromatic carbocycles. The normalized spacial score (nSPS) is 13.9. The predicted molar refractivity (Wildman–Crippen MR) is 138 cm³/mol. The van der Waals surface area contributed by atoms with Crippen molar-refractivity contribution in [3.63, 3.8) is 0 Å². The average molecular weight is 511 g/mol. The molecule has 1 saturated carbocycles. The van der Waals surface area contributed by atoms with Gasteiger partial charge in [-0.25, -0.2) is 4.98 Å². The van der Waals surface area contributed by atoms with Crippen LogP contribution >= 0.6 is 12.6 Å². The Hall–Kier alpha value is -3.53. The molecule has 1 aliphatic rings. The summed E-state index contributed by atoms with van der Waals surface area (Å²) in [7, 11) is 3.04. The molecule has 0 aliphatic heterocycles. The van der Waals surface area contributed by atoms with Crippen LogP contribution in [0.3, 0.4) is 0 Å². The number of hydrogen-bond acceptors (Lipinski definition) is 7. The molecule has 4 rings (SSSR count). The molecule has 1 unspecified atom stereocenters. The van der Waals surface area contributed by atoms with Crippen LogP contribution in [0.1, 0.15) is 53.1 Å². The quantitative estimate of drug-likeness (QED) is 0.285. The minimum absolute atomic E-state index is 0.0361. The molecular weight excluding hydrogens is 480 g/mol. The Balaban J connectivity index is 1.73. The summed E-state index contributed by atoms with van der Waals surface area (Å²) in [5.74, 6) is 0.409. The van der Waals surface area contributed by atoms with Crippen molar-refractivity contribution in [1.82, 2.24) is 19.8 Å². The minimum Gasteiger partial charge on any atom is -0.508 e. The number of imidazole rings is 1. The Labute approximate surface area is 214 Å². The van der Waals surface area contributed by atoms with E-state index < -0.39 is 11.9 Å². The molecule has 1 aliphatic carbocycles. The molecule has 2 amide bonds. The van der Waals surface area contributed by atoms with Gasteiger partial charge in [0, 0.05) is 31.5 Å². The zero-order valence-electron chi connectivity index (χ0n) is 20.3. The van der Waals surface area contributed by atoms with Gasteiger partial charge in [0.15, 0.2) is 0 Å². The molecule has 1 fully saturated rings. The molecule has 0 saturated heterocycles. The highest BCUT2D eigenvalue weighted by atomic mass is 32.1. The van der Waals surface area contributed by atoms with Gasteiger partial charge in [-0.05, 0) is 54.5 Å². The van der Waals surface area contributed by atoms with Crippen LogP contribution < -0.4 is 5.32 Å². The largest absolute Gasteiger partial charge is 0.508 e. The standard InChI is InChI=1S/C26H30N4O5S/c1-29(23(32)11-12-36)22(13-16-3-8-19(31)9-4-16)25-28-20-14-17(26(34)27-15-24(33)35-2)5-10-21(20)30(25)18-6-7-18/h3-5,8-10,14,18,22,31,36H,6-7,11-13,15H2,1-2H3,(H,27,34). The number of thiol groups is 1. The number of nitrogens with zero attached hydrogens (tertiary/aromatic N) is 3. The van der Waals surface area contributed by atoms with Crippen molar-refractivity contribution < 1.29 is 24.2 Å². The molecule has 1 heterocycles. The fraction of sp³-hybridized carbons (Fsp3) is 0.385. The topological polar surface area (TPSA) is 114 Å². The van der Waals surface area contributed by atoms with E-state index in [9.17, 15) is 19.5 Å². The van der Waals surface area contributed by atoms with Crippen molar-refractivity contribution in [2.45, 2.75) is 37.8 Å². The summed E-state index contributed by atoms with van der Waals surface area (Å²) >= 11 is 4.23. The fourth-order valence-corrected chi connectivity index (χ4v) is 4.43. The van der Waals surface area contributed by atoms with Gasteiger partial charge in [-0.1, -0.05) is 12.1 Å². The highest BCUT2D eigenvalue weighted by Crippen LogP contribution is 2.41. The molecule has 190 valence electrons. The van der Waals surface area contributed by atoms with E-state index in [1.165, 1.54) is 7.11 Å². The SMILES string of the molecule is COC(=O)CNC(=O)c1ccc2c(c1)nc(C(Cc1ccc(O)cc1)N(C)C(=O)CCS)n2C1CC1. The minimum atomic E-state index is -0.532. The first kappa shape index (κ1) is 25.6. The Bertz CT molecular complexity index is 1270. The number of methoxy groups -OCH3 is 1. The van der Waals surface area contributed by atoms with E-state index in [4.69, 9.17) is 4.98 Å². The van der Waals surface area contributed by atoms with Crippen LogP contribution in [0.25, 0.3) is 11.0 Å². The molecule has 1 aromatic heterocycles. The number of likely N-dealkylation sites (N-methyl/N-ethyl adjacent to an activating group) is 1. The summed E-state index contributed by atoms with van der Waals surface area (Å²) in [5.41, 5.74) is 2.88. The number of ether oxygens (including phenoxy) is 1. The van der Waals surface area contributed by atoms with Crippen molar-refractivity contribution in [2.75, 3.05) is 26.5 Å². The number of phenols is 1. The average Bonchev–Trinajstić information content (AvgIpc) is 3.65. The van der Waals surface area contributed by atoms with E-state index in [1.54, 1.807) is 36.2 Å². The number of amides is 2. The number of nitrogens with one attached hydrogen (secondary N) is 1.